The monoisotopic (exact) mass is 572 g/mol. The van der Waals surface area contributed by atoms with Crippen LogP contribution in [0.4, 0.5) is 5.69 Å². The number of benzene rings is 1. The van der Waals surface area contributed by atoms with E-state index in [0.717, 1.165) is 62.8 Å². The van der Waals surface area contributed by atoms with Crippen LogP contribution in [-0.4, -0.2) is 86.5 Å². The third kappa shape index (κ3) is 5.14. The van der Waals surface area contributed by atoms with Crippen molar-refractivity contribution in [3.05, 3.63) is 24.3 Å². The fourth-order valence-corrected chi connectivity index (χ4v) is 10.3. The fourth-order valence-electron chi connectivity index (χ4n) is 9.44. The lowest BCUT2D eigenvalue weighted by Gasteiger charge is -2.58. The van der Waals surface area contributed by atoms with E-state index in [4.69, 9.17) is 4.74 Å². The summed E-state index contributed by atoms with van der Waals surface area (Å²) in [5, 5.41) is 18.2. The lowest BCUT2D eigenvalue weighted by molar-refractivity contribution is -0.150. The van der Waals surface area contributed by atoms with E-state index in [1.807, 2.05) is 24.3 Å². The molecule has 1 aromatic rings. The number of amides is 1. The number of hydrogen-bond acceptors (Lipinski definition) is 7. The number of aliphatic hydroxyl groups is 1. The molecule has 6 bridgehead atoms. The number of ether oxygens (including phenoxy) is 1. The number of hydrogen-bond donors (Lipinski definition) is 3. The zero-order valence-electron chi connectivity index (χ0n) is 23.5. The first kappa shape index (κ1) is 27.0. The largest absolute Gasteiger partial charge is 0.493 e. The second-order valence-electron chi connectivity index (χ2n) is 13.8. The Kier molecular flexibility index (Phi) is 6.84. The molecular weight excluding hydrogens is 528 g/mol. The van der Waals surface area contributed by atoms with Crippen molar-refractivity contribution in [2.75, 3.05) is 43.9 Å². The standard InChI is InChI=1S/C30H44N4O5S/c1-40(37,38)34-10-8-33(9-11-34)24-3-5-25(6-4-24)39-18-22-14-23-2-7-26(31-23)27(22)29(35)32-28-20-12-19-13-21(28)17-30(36,15-19)16-20/h3-6,19-23,26-28,31,36H,2,7-18H2,1H3,(H,32,35)/t19?,20-,21+,22?,23?,26?,27?,28?,30?. The average molecular weight is 573 g/mol. The quantitative estimate of drug-likeness (QED) is 0.458. The highest BCUT2D eigenvalue weighted by Crippen LogP contribution is 2.55. The van der Waals surface area contributed by atoms with E-state index in [1.165, 1.54) is 10.6 Å². The minimum Gasteiger partial charge on any atom is -0.493 e. The molecule has 0 spiro atoms. The molecule has 4 saturated carbocycles. The number of fused-ring (bicyclic) bond motifs is 2. The maximum atomic E-state index is 13.9. The number of piperidine rings is 1. The van der Waals surface area contributed by atoms with Crippen LogP contribution in [0.5, 0.6) is 5.75 Å². The highest BCUT2D eigenvalue weighted by Gasteiger charge is 2.56. The molecule has 9 nitrogen and oxygen atoms in total. The van der Waals surface area contributed by atoms with E-state index in [9.17, 15) is 18.3 Å². The van der Waals surface area contributed by atoms with Gasteiger partial charge in [0, 0.05) is 55.9 Å². The van der Waals surface area contributed by atoms with Crippen LogP contribution in [-0.2, 0) is 14.8 Å². The van der Waals surface area contributed by atoms with Gasteiger partial charge in [-0.2, -0.15) is 4.31 Å². The topological polar surface area (TPSA) is 111 Å². The van der Waals surface area contributed by atoms with Crippen molar-refractivity contribution in [2.45, 2.75) is 75.1 Å². The molecule has 0 radical (unpaired) electrons. The maximum Gasteiger partial charge on any atom is 0.225 e. The molecule has 40 heavy (non-hydrogen) atoms. The van der Waals surface area contributed by atoms with Gasteiger partial charge in [0.15, 0.2) is 0 Å². The molecule has 9 atom stereocenters. The molecule has 0 aromatic heterocycles. The van der Waals surface area contributed by atoms with E-state index >= 15 is 0 Å². The van der Waals surface area contributed by atoms with Gasteiger partial charge >= 0.3 is 0 Å². The molecule has 8 rings (SSSR count). The average Bonchev–Trinajstić information content (AvgIpc) is 3.29. The zero-order chi connectivity index (χ0) is 27.6. The maximum absolute atomic E-state index is 13.9. The van der Waals surface area contributed by atoms with E-state index in [2.05, 4.69) is 15.5 Å². The van der Waals surface area contributed by atoms with Gasteiger partial charge in [-0.05, 0) is 93.4 Å². The van der Waals surface area contributed by atoms with Crippen molar-refractivity contribution in [2.24, 2.45) is 29.6 Å². The fraction of sp³-hybridized carbons (Fsp3) is 0.767. The van der Waals surface area contributed by atoms with E-state index in [1.54, 1.807) is 0 Å². The number of rotatable bonds is 7. The lowest BCUT2D eigenvalue weighted by atomic mass is 9.52. The highest BCUT2D eigenvalue weighted by atomic mass is 32.2. The number of carbonyl (C=O) groups is 1. The van der Waals surface area contributed by atoms with Crippen LogP contribution in [0.1, 0.15) is 51.4 Å². The van der Waals surface area contributed by atoms with Gasteiger partial charge in [-0.3, -0.25) is 4.79 Å². The van der Waals surface area contributed by atoms with Crippen LogP contribution in [0.3, 0.4) is 0 Å². The predicted octanol–water partition coefficient (Wildman–Crippen LogP) is 1.96. The second-order valence-corrected chi connectivity index (χ2v) is 15.7. The SMILES string of the molecule is CS(=O)(=O)N1CCN(c2ccc(OCC3CC4CCC(N4)C3C(=O)NC3[C@@H]4CC5C[C@H]3CC(O)(C5)C4)cc2)CC1. The molecule has 10 heteroatoms. The molecule has 3 saturated heterocycles. The zero-order valence-corrected chi connectivity index (χ0v) is 24.3. The van der Waals surface area contributed by atoms with Crippen LogP contribution >= 0.6 is 0 Å². The molecule has 4 aliphatic carbocycles. The van der Waals surface area contributed by atoms with Crippen molar-refractivity contribution < 1.29 is 23.1 Å². The number of sulfonamides is 1. The third-order valence-corrected chi connectivity index (χ3v) is 12.3. The number of nitrogens with zero attached hydrogens (tertiary/aromatic N) is 2. The van der Waals surface area contributed by atoms with Gasteiger partial charge in [0.05, 0.1) is 24.4 Å². The Morgan fingerprint density at radius 3 is 2.40 bits per heavy atom. The van der Waals surface area contributed by atoms with Gasteiger partial charge in [0.25, 0.3) is 0 Å². The van der Waals surface area contributed by atoms with Crippen LogP contribution in [0.25, 0.3) is 0 Å². The third-order valence-electron chi connectivity index (χ3n) is 11.0. The van der Waals surface area contributed by atoms with Gasteiger partial charge in [-0.15, -0.1) is 0 Å². The summed E-state index contributed by atoms with van der Waals surface area (Å²) in [5.41, 5.74) is 0.581. The van der Waals surface area contributed by atoms with Crippen molar-refractivity contribution in [1.29, 1.82) is 0 Å². The molecule has 3 N–H and O–H groups in total. The highest BCUT2D eigenvalue weighted by molar-refractivity contribution is 7.88. The van der Waals surface area contributed by atoms with Gasteiger partial charge in [0.2, 0.25) is 15.9 Å². The summed E-state index contributed by atoms with van der Waals surface area (Å²) < 4.78 is 31.5. The number of anilines is 1. The lowest BCUT2D eigenvalue weighted by Crippen LogP contribution is -2.63. The van der Waals surface area contributed by atoms with Crippen molar-refractivity contribution >= 4 is 21.6 Å². The van der Waals surface area contributed by atoms with E-state index in [0.29, 0.717) is 56.6 Å². The summed E-state index contributed by atoms with van der Waals surface area (Å²) in [6, 6.07) is 8.94. The number of nitrogens with one attached hydrogen (secondary N) is 2. The number of carbonyl (C=O) groups excluding carboxylic acids is 1. The normalized spacial score (nSPS) is 40.8. The van der Waals surface area contributed by atoms with Crippen molar-refractivity contribution in [3.63, 3.8) is 0 Å². The van der Waals surface area contributed by atoms with Crippen LogP contribution in [0.15, 0.2) is 24.3 Å². The first-order valence-corrected chi connectivity index (χ1v) is 17.2. The molecule has 3 heterocycles. The molecule has 1 aromatic carbocycles. The Morgan fingerprint density at radius 1 is 1.05 bits per heavy atom. The Hall–Kier alpha value is -1.88. The molecular formula is C30H44N4O5S. The molecule has 7 aliphatic rings. The molecule has 7 fully saturated rings. The smallest absolute Gasteiger partial charge is 0.225 e. The Bertz CT molecular complexity index is 1200. The summed E-state index contributed by atoms with van der Waals surface area (Å²) in [5.74, 6) is 2.52. The van der Waals surface area contributed by atoms with Gasteiger partial charge in [-0.25, -0.2) is 8.42 Å². The summed E-state index contributed by atoms with van der Waals surface area (Å²) in [7, 11) is -3.14. The Morgan fingerprint density at radius 2 is 1.75 bits per heavy atom. The van der Waals surface area contributed by atoms with Crippen molar-refractivity contribution in [1.82, 2.24) is 14.9 Å². The van der Waals surface area contributed by atoms with E-state index < -0.39 is 15.6 Å². The van der Waals surface area contributed by atoms with Gasteiger partial charge < -0.3 is 25.4 Å². The van der Waals surface area contributed by atoms with Gasteiger partial charge in [0.1, 0.15) is 5.75 Å². The number of piperazine rings is 1. The summed E-state index contributed by atoms with van der Waals surface area (Å²) in [6.45, 7) is 2.87. The molecule has 3 aliphatic heterocycles. The first-order chi connectivity index (χ1) is 19.1. The minimum absolute atomic E-state index is 0.0931. The predicted molar refractivity (Wildman–Crippen MR) is 153 cm³/mol. The summed E-state index contributed by atoms with van der Waals surface area (Å²) in [4.78, 5) is 16.1. The Balaban J connectivity index is 0.975. The summed E-state index contributed by atoms with van der Waals surface area (Å²) in [6.07, 6.45) is 9.32. The molecule has 7 unspecified atom stereocenters. The van der Waals surface area contributed by atoms with Gasteiger partial charge in [-0.1, -0.05) is 0 Å². The minimum atomic E-state index is -3.14. The van der Waals surface area contributed by atoms with Crippen LogP contribution in [0.2, 0.25) is 0 Å². The molecule has 1 amide bonds. The Labute approximate surface area is 238 Å². The van der Waals surface area contributed by atoms with E-state index in [-0.39, 0.29) is 29.8 Å². The van der Waals surface area contributed by atoms with Crippen LogP contribution < -0.4 is 20.3 Å². The van der Waals surface area contributed by atoms with Crippen LogP contribution in [0, 0.1) is 29.6 Å². The second kappa shape index (κ2) is 10.1. The first-order valence-electron chi connectivity index (χ1n) is 15.4. The molecule has 220 valence electrons. The summed E-state index contributed by atoms with van der Waals surface area (Å²) >= 11 is 0. The van der Waals surface area contributed by atoms with Crippen molar-refractivity contribution in [3.8, 4) is 5.75 Å².